The van der Waals surface area contributed by atoms with Gasteiger partial charge in [-0.1, -0.05) is 78.9 Å². The number of para-hydroxylation sites is 1. The van der Waals surface area contributed by atoms with Crippen LogP contribution in [0.5, 0.6) is 5.75 Å². The molecule has 0 heterocycles. The summed E-state index contributed by atoms with van der Waals surface area (Å²) in [6.45, 7) is 0. The van der Waals surface area contributed by atoms with Gasteiger partial charge in [-0.05, 0) is 41.0 Å². The van der Waals surface area contributed by atoms with Gasteiger partial charge in [0.25, 0.3) is 0 Å². The third kappa shape index (κ3) is 3.80. The second kappa shape index (κ2) is 7.71. The number of aromatic hydroxyl groups is 1. The van der Waals surface area contributed by atoms with Crippen LogP contribution in [0.1, 0.15) is 5.56 Å². The maximum Gasteiger partial charge on any atom is 0.132 e. The van der Waals surface area contributed by atoms with Crippen LogP contribution in [0.25, 0.3) is 22.3 Å². The van der Waals surface area contributed by atoms with Gasteiger partial charge in [-0.25, -0.2) is 0 Å². The molecule has 2 nitrogen and oxygen atoms in total. The number of nitrogens with zero attached hydrogens (tertiary/aromatic N) is 1. The Kier molecular flexibility index (Phi) is 4.80. The highest BCUT2D eigenvalue weighted by molar-refractivity contribution is 5.93. The van der Waals surface area contributed by atoms with Crippen molar-refractivity contribution in [2.24, 2.45) is 4.99 Å². The van der Waals surface area contributed by atoms with E-state index in [1.807, 2.05) is 91.0 Å². The minimum Gasteiger partial charge on any atom is -0.507 e. The standard InChI is InChI=1S/C25H19NO/c27-25-22(18-26-23-14-8-3-9-15-23)16-21(19-10-4-1-5-11-19)17-24(25)20-12-6-2-7-13-20/h1-18,27H. The number of hydrogen-bond acceptors (Lipinski definition) is 2. The highest BCUT2D eigenvalue weighted by atomic mass is 16.3. The largest absolute Gasteiger partial charge is 0.507 e. The lowest BCUT2D eigenvalue weighted by atomic mass is 9.95. The molecule has 0 bridgehead atoms. The van der Waals surface area contributed by atoms with E-state index in [2.05, 4.69) is 17.1 Å². The summed E-state index contributed by atoms with van der Waals surface area (Å²) >= 11 is 0. The molecule has 4 rings (SSSR count). The van der Waals surface area contributed by atoms with Gasteiger partial charge in [0.2, 0.25) is 0 Å². The first kappa shape index (κ1) is 16.8. The van der Waals surface area contributed by atoms with Crippen molar-refractivity contribution in [3.8, 4) is 28.0 Å². The minimum atomic E-state index is 0.237. The highest BCUT2D eigenvalue weighted by Crippen LogP contribution is 2.36. The van der Waals surface area contributed by atoms with E-state index in [9.17, 15) is 5.11 Å². The van der Waals surface area contributed by atoms with E-state index in [0.717, 1.165) is 27.9 Å². The zero-order valence-electron chi connectivity index (χ0n) is 14.8. The molecule has 0 aliphatic rings. The van der Waals surface area contributed by atoms with Gasteiger partial charge in [0.05, 0.1) is 5.69 Å². The highest BCUT2D eigenvalue weighted by Gasteiger charge is 2.12. The molecule has 2 heteroatoms. The SMILES string of the molecule is Oc1c(C=Nc2ccccc2)cc(-c2ccccc2)cc1-c1ccccc1. The molecular formula is C25H19NO. The minimum absolute atomic E-state index is 0.237. The fraction of sp³-hybridized carbons (Fsp3) is 0. The lowest BCUT2D eigenvalue weighted by molar-refractivity contribution is 0.476. The van der Waals surface area contributed by atoms with Crippen LogP contribution in [0.4, 0.5) is 5.69 Å². The van der Waals surface area contributed by atoms with Crippen LogP contribution in [-0.4, -0.2) is 11.3 Å². The molecule has 0 radical (unpaired) electrons. The molecule has 0 spiro atoms. The van der Waals surface area contributed by atoms with Crippen LogP contribution >= 0.6 is 0 Å². The smallest absolute Gasteiger partial charge is 0.132 e. The number of phenolic OH excluding ortho intramolecular Hbond substituents is 1. The van der Waals surface area contributed by atoms with Crippen molar-refractivity contribution in [3.05, 3.63) is 109 Å². The van der Waals surface area contributed by atoms with Crippen LogP contribution in [0.2, 0.25) is 0 Å². The quantitative estimate of drug-likeness (QED) is 0.420. The van der Waals surface area contributed by atoms with Crippen molar-refractivity contribution in [2.75, 3.05) is 0 Å². The molecule has 0 amide bonds. The van der Waals surface area contributed by atoms with Gasteiger partial charge < -0.3 is 5.11 Å². The first-order valence-electron chi connectivity index (χ1n) is 8.88. The predicted octanol–water partition coefficient (Wildman–Crippen LogP) is 6.48. The average molecular weight is 349 g/mol. The summed E-state index contributed by atoms with van der Waals surface area (Å²) in [5, 5.41) is 10.9. The molecule has 0 saturated heterocycles. The van der Waals surface area contributed by atoms with Crippen LogP contribution < -0.4 is 0 Å². The number of rotatable bonds is 4. The molecule has 0 aliphatic heterocycles. The maximum atomic E-state index is 10.9. The molecule has 0 aromatic heterocycles. The fourth-order valence-electron chi connectivity index (χ4n) is 3.05. The second-order valence-corrected chi connectivity index (χ2v) is 6.29. The van der Waals surface area contributed by atoms with E-state index in [1.54, 1.807) is 6.21 Å². The Labute approximate surface area is 159 Å². The van der Waals surface area contributed by atoms with Gasteiger partial charge in [0.15, 0.2) is 0 Å². The number of hydrogen-bond donors (Lipinski definition) is 1. The Bertz CT molecular complexity index is 1060. The van der Waals surface area contributed by atoms with E-state index >= 15 is 0 Å². The molecule has 0 saturated carbocycles. The third-order valence-corrected chi connectivity index (χ3v) is 4.44. The van der Waals surface area contributed by atoms with Gasteiger partial charge >= 0.3 is 0 Å². The zero-order chi connectivity index (χ0) is 18.5. The van der Waals surface area contributed by atoms with Crippen molar-refractivity contribution < 1.29 is 5.11 Å². The second-order valence-electron chi connectivity index (χ2n) is 6.29. The molecule has 1 N–H and O–H groups in total. The van der Waals surface area contributed by atoms with Crippen molar-refractivity contribution in [1.82, 2.24) is 0 Å². The first-order chi connectivity index (χ1) is 13.3. The Morgan fingerprint density at radius 3 is 1.78 bits per heavy atom. The Balaban J connectivity index is 1.86. The summed E-state index contributed by atoms with van der Waals surface area (Å²) in [5.74, 6) is 0.237. The Hall–Kier alpha value is -3.65. The molecule has 0 aliphatic carbocycles. The molecule has 4 aromatic carbocycles. The molecule has 4 aromatic rings. The van der Waals surface area contributed by atoms with Gasteiger partial charge in [0.1, 0.15) is 5.75 Å². The van der Waals surface area contributed by atoms with Crippen LogP contribution in [-0.2, 0) is 0 Å². The molecule has 130 valence electrons. The number of aliphatic imine (C=N–C) groups is 1. The van der Waals surface area contributed by atoms with E-state index in [0.29, 0.717) is 5.56 Å². The van der Waals surface area contributed by atoms with Crippen molar-refractivity contribution in [3.63, 3.8) is 0 Å². The average Bonchev–Trinajstić information content (AvgIpc) is 2.75. The normalized spacial score (nSPS) is 11.0. The van der Waals surface area contributed by atoms with E-state index < -0.39 is 0 Å². The van der Waals surface area contributed by atoms with Crippen LogP contribution in [0.15, 0.2) is 108 Å². The third-order valence-electron chi connectivity index (χ3n) is 4.44. The first-order valence-corrected chi connectivity index (χ1v) is 8.88. The van der Waals surface area contributed by atoms with Crippen LogP contribution in [0.3, 0.4) is 0 Å². The zero-order valence-corrected chi connectivity index (χ0v) is 14.8. The Morgan fingerprint density at radius 2 is 1.15 bits per heavy atom. The predicted molar refractivity (Wildman–Crippen MR) is 113 cm³/mol. The molecule has 27 heavy (non-hydrogen) atoms. The van der Waals surface area contributed by atoms with Crippen molar-refractivity contribution in [1.29, 1.82) is 0 Å². The summed E-state index contributed by atoms with van der Waals surface area (Å²) < 4.78 is 0. The molecule has 0 atom stereocenters. The van der Waals surface area contributed by atoms with Gasteiger partial charge in [0, 0.05) is 17.3 Å². The van der Waals surface area contributed by atoms with E-state index in [4.69, 9.17) is 0 Å². The lowest BCUT2D eigenvalue weighted by Gasteiger charge is -2.12. The number of phenols is 1. The van der Waals surface area contributed by atoms with E-state index in [1.165, 1.54) is 0 Å². The van der Waals surface area contributed by atoms with Gasteiger partial charge in [-0.2, -0.15) is 0 Å². The maximum absolute atomic E-state index is 10.9. The summed E-state index contributed by atoms with van der Waals surface area (Å²) in [5.41, 5.74) is 5.46. The van der Waals surface area contributed by atoms with Gasteiger partial charge in [-0.15, -0.1) is 0 Å². The summed E-state index contributed by atoms with van der Waals surface area (Å²) in [4.78, 5) is 4.52. The van der Waals surface area contributed by atoms with Gasteiger partial charge in [-0.3, -0.25) is 4.99 Å². The van der Waals surface area contributed by atoms with Crippen LogP contribution in [0, 0.1) is 0 Å². The topological polar surface area (TPSA) is 32.6 Å². The molecule has 0 fully saturated rings. The van der Waals surface area contributed by atoms with Crippen molar-refractivity contribution in [2.45, 2.75) is 0 Å². The number of benzene rings is 4. The lowest BCUT2D eigenvalue weighted by Crippen LogP contribution is -1.90. The summed E-state index contributed by atoms with van der Waals surface area (Å²) in [6, 6.07) is 33.8. The monoisotopic (exact) mass is 349 g/mol. The Morgan fingerprint density at radius 1 is 0.593 bits per heavy atom. The van der Waals surface area contributed by atoms with E-state index in [-0.39, 0.29) is 5.75 Å². The molecular weight excluding hydrogens is 330 g/mol. The fourth-order valence-corrected chi connectivity index (χ4v) is 3.05. The molecule has 0 unspecified atom stereocenters. The summed E-state index contributed by atoms with van der Waals surface area (Å²) in [7, 11) is 0. The summed E-state index contributed by atoms with van der Waals surface area (Å²) in [6.07, 6.45) is 1.73. The van der Waals surface area contributed by atoms with Crippen molar-refractivity contribution >= 4 is 11.9 Å².